The first kappa shape index (κ1) is 13.0. The number of hydrogen-bond acceptors (Lipinski definition) is 4. The van der Waals surface area contributed by atoms with Gasteiger partial charge in [-0.1, -0.05) is 11.6 Å². The zero-order chi connectivity index (χ0) is 13.1. The number of carboxylic acids is 1. The van der Waals surface area contributed by atoms with Gasteiger partial charge in [-0.3, -0.25) is 0 Å². The van der Waals surface area contributed by atoms with Crippen LogP contribution in [0.1, 0.15) is 10.4 Å². The Hall–Kier alpha value is -1.41. The standard InChI is InChI=1S/C11H6ClIN2O3/c12-9-3-4-10(15-14-9)18-8-2-1-6(13)5-7(8)11(16)17/h1-5H,(H,16,17). The Kier molecular flexibility index (Phi) is 3.97. The second-order valence-electron chi connectivity index (χ2n) is 3.24. The highest BCUT2D eigenvalue weighted by Crippen LogP contribution is 2.25. The van der Waals surface area contributed by atoms with Crippen molar-refractivity contribution < 1.29 is 14.6 Å². The molecular weight excluding hydrogens is 370 g/mol. The maximum Gasteiger partial charge on any atom is 0.339 e. The van der Waals surface area contributed by atoms with Crippen molar-refractivity contribution in [2.75, 3.05) is 0 Å². The lowest BCUT2D eigenvalue weighted by molar-refractivity contribution is 0.0694. The molecule has 0 amide bonds. The summed E-state index contributed by atoms with van der Waals surface area (Å²) in [7, 11) is 0. The minimum Gasteiger partial charge on any atom is -0.478 e. The zero-order valence-corrected chi connectivity index (χ0v) is 11.7. The molecule has 0 bridgehead atoms. The zero-order valence-electron chi connectivity index (χ0n) is 8.80. The van der Waals surface area contributed by atoms with Gasteiger partial charge < -0.3 is 9.84 Å². The van der Waals surface area contributed by atoms with Crippen LogP contribution in [0.2, 0.25) is 5.15 Å². The quantitative estimate of drug-likeness (QED) is 0.833. The third kappa shape index (κ3) is 3.08. The second kappa shape index (κ2) is 5.49. The van der Waals surface area contributed by atoms with E-state index in [9.17, 15) is 4.79 Å². The predicted molar refractivity (Wildman–Crippen MR) is 73.2 cm³/mol. The Morgan fingerprint density at radius 3 is 2.67 bits per heavy atom. The number of aromatic nitrogens is 2. The molecule has 0 aliphatic heterocycles. The molecule has 0 radical (unpaired) electrons. The molecule has 7 heteroatoms. The Morgan fingerprint density at radius 1 is 1.28 bits per heavy atom. The summed E-state index contributed by atoms with van der Waals surface area (Å²) in [5.74, 6) is -0.673. The third-order valence-corrected chi connectivity index (χ3v) is 2.87. The van der Waals surface area contributed by atoms with Crippen LogP contribution in [-0.4, -0.2) is 21.3 Å². The van der Waals surface area contributed by atoms with Crippen LogP contribution < -0.4 is 4.74 Å². The topological polar surface area (TPSA) is 72.3 Å². The molecule has 0 fully saturated rings. The second-order valence-corrected chi connectivity index (χ2v) is 4.87. The van der Waals surface area contributed by atoms with E-state index < -0.39 is 5.97 Å². The van der Waals surface area contributed by atoms with Crippen molar-refractivity contribution in [2.24, 2.45) is 0 Å². The number of aromatic carboxylic acids is 1. The summed E-state index contributed by atoms with van der Waals surface area (Å²) in [4.78, 5) is 11.1. The normalized spacial score (nSPS) is 10.1. The van der Waals surface area contributed by atoms with E-state index in [1.165, 1.54) is 18.2 Å². The van der Waals surface area contributed by atoms with E-state index in [1.54, 1.807) is 12.1 Å². The maximum absolute atomic E-state index is 11.1. The SMILES string of the molecule is O=C(O)c1cc(I)ccc1Oc1ccc(Cl)nn1. The van der Waals surface area contributed by atoms with Crippen molar-refractivity contribution in [2.45, 2.75) is 0 Å². The lowest BCUT2D eigenvalue weighted by atomic mass is 10.2. The average Bonchev–Trinajstić information content (AvgIpc) is 2.34. The summed E-state index contributed by atoms with van der Waals surface area (Å²) in [6, 6.07) is 7.85. The number of halogens is 2. The number of rotatable bonds is 3. The summed E-state index contributed by atoms with van der Waals surface area (Å²) in [5, 5.41) is 16.6. The van der Waals surface area contributed by atoms with Crippen molar-refractivity contribution in [3.63, 3.8) is 0 Å². The summed E-state index contributed by atoms with van der Waals surface area (Å²) in [5.41, 5.74) is 0.0682. The molecule has 0 atom stereocenters. The van der Waals surface area contributed by atoms with E-state index in [1.807, 2.05) is 22.6 Å². The molecule has 0 aliphatic carbocycles. The summed E-state index contributed by atoms with van der Waals surface area (Å²) >= 11 is 7.62. The molecule has 18 heavy (non-hydrogen) atoms. The molecule has 2 aromatic rings. The lowest BCUT2D eigenvalue weighted by Gasteiger charge is -2.07. The Balaban J connectivity index is 2.34. The van der Waals surface area contributed by atoms with Crippen LogP contribution in [0.25, 0.3) is 0 Å². The molecule has 0 unspecified atom stereocenters. The van der Waals surface area contributed by atoms with Gasteiger partial charge in [0.2, 0.25) is 5.88 Å². The molecule has 1 aromatic heterocycles. The van der Waals surface area contributed by atoms with Gasteiger partial charge in [0.15, 0.2) is 5.15 Å². The highest BCUT2D eigenvalue weighted by molar-refractivity contribution is 14.1. The van der Waals surface area contributed by atoms with Crippen LogP contribution in [0, 0.1) is 3.57 Å². The molecule has 5 nitrogen and oxygen atoms in total. The van der Waals surface area contributed by atoms with Gasteiger partial charge in [0.05, 0.1) is 0 Å². The summed E-state index contributed by atoms with van der Waals surface area (Å²) < 4.78 is 6.17. The van der Waals surface area contributed by atoms with Crippen LogP contribution in [0.15, 0.2) is 30.3 Å². The van der Waals surface area contributed by atoms with Gasteiger partial charge >= 0.3 is 5.97 Å². The Bertz CT molecular complexity index is 589. The molecule has 1 heterocycles. The van der Waals surface area contributed by atoms with Crippen LogP contribution in [0.4, 0.5) is 0 Å². The lowest BCUT2D eigenvalue weighted by Crippen LogP contribution is -2.01. The van der Waals surface area contributed by atoms with Gasteiger partial charge in [-0.25, -0.2) is 4.79 Å². The molecule has 0 saturated heterocycles. The van der Waals surface area contributed by atoms with Gasteiger partial charge in [0.25, 0.3) is 0 Å². The molecule has 0 aliphatic rings. The van der Waals surface area contributed by atoms with Gasteiger partial charge in [-0.2, -0.15) is 0 Å². The Morgan fingerprint density at radius 2 is 2.06 bits per heavy atom. The highest BCUT2D eigenvalue weighted by atomic mass is 127. The number of hydrogen-bond donors (Lipinski definition) is 1. The number of benzene rings is 1. The van der Waals surface area contributed by atoms with E-state index in [-0.39, 0.29) is 22.3 Å². The van der Waals surface area contributed by atoms with Crippen LogP contribution in [-0.2, 0) is 0 Å². The fourth-order valence-electron chi connectivity index (χ4n) is 1.23. The summed E-state index contributed by atoms with van der Waals surface area (Å²) in [6.07, 6.45) is 0. The van der Waals surface area contributed by atoms with Crippen LogP contribution >= 0.6 is 34.2 Å². The number of ether oxygens (including phenoxy) is 1. The minimum absolute atomic E-state index is 0.0682. The van der Waals surface area contributed by atoms with Crippen molar-refractivity contribution in [3.8, 4) is 11.6 Å². The fourth-order valence-corrected chi connectivity index (χ4v) is 1.82. The van der Waals surface area contributed by atoms with Crippen molar-refractivity contribution in [1.29, 1.82) is 0 Å². The average molecular weight is 377 g/mol. The molecular formula is C11H6ClIN2O3. The van der Waals surface area contributed by atoms with Crippen LogP contribution in [0.5, 0.6) is 11.6 Å². The third-order valence-electron chi connectivity index (χ3n) is 1.99. The molecule has 1 N–H and O–H groups in total. The molecule has 92 valence electrons. The first-order valence-electron chi connectivity index (χ1n) is 4.76. The minimum atomic E-state index is -1.06. The monoisotopic (exact) mass is 376 g/mol. The number of nitrogens with zero attached hydrogens (tertiary/aromatic N) is 2. The molecule has 2 rings (SSSR count). The summed E-state index contributed by atoms with van der Waals surface area (Å²) in [6.45, 7) is 0. The first-order valence-corrected chi connectivity index (χ1v) is 6.22. The van der Waals surface area contributed by atoms with Gasteiger partial charge in [-0.05, 0) is 46.9 Å². The highest BCUT2D eigenvalue weighted by Gasteiger charge is 2.13. The van der Waals surface area contributed by atoms with Gasteiger partial charge in [0.1, 0.15) is 11.3 Å². The number of carbonyl (C=O) groups is 1. The van der Waals surface area contributed by atoms with E-state index in [0.29, 0.717) is 0 Å². The van der Waals surface area contributed by atoms with Gasteiger partial charge in [0, 0.05) is 9.64 Å². The predicted octanol–water partition coefficient (Wildman–Crippen LogP) is 3.23. The van der Waals surface area contributed by atoms with Gasteiger partial charge in [-0.15, -0.1) is 10.2 Å². The van der Waals surface area contributed by atoms with Crippen molar-refractivity contribution >= 4 is 40.2 Å². The van der Waals surface area contributed by atoms with E-state index >= 15 is 0 Å². The smallest absolute Gasteiger partial charge is 0.339 e. The van der Waals surface area contributed by atoms with E-state index in [4.69, 9.17) is 21.4 Å². The van der Waals surface area contributed by atoms with E-state index in [2.05, 4.69) is 10.2 Å². The maximum atomic E-state index is 11.1. The first-order chi connectivity index (χ1) is 8.56. The Labute approximate surface area is 121 Å². The molecule has 0 spiro atoms. The largest absolute Gasteiger partial charge is 0.478 e. The van der Waals surface area contributed by atoms with Crippen molar-refractivity contribution in [3.05, 3.63) is 44.6 Å². The fraction of sp³-hybridized carbons (Fsp3) is 0. The van der Waals surface area contributed by atoms with Crippen LogP contribution in [0.3, 0.4) is 0 Å². The molecule has 0 saturated carbocycles. The van der Waals surface area contributed by atoms with E-state index in [0.717, 1.165) is 3.57 Å². The molecule has 1 aromatic carbocycles. The van der Waals surface area contributed by atoms with Crippen molar-refractivity contribution in [1.82, 2.24) is 10.2 Å². The number of carboxylic acid groups (broad SMARTS) is 1.